The maximum Gasteiger partial charge on any atom is 0.222 e. The number of likely N-dealkylation sites (tertiary alicyclic amines) is 2. The quantitative estimate of drug-likeness (QED) is 0.635. The second-order valence-electron chi connectivity index (χ2n) is 9.47. The molecule has 3 fully saturated rings. The summed E-state index contributed by atoms with van der Waals surface area (Å²) in [6.07, 6.45) is 15.6. The van der Waals surface area contributed by atoms with E-state index in [-0.39, 0.29) is 0 Å². The van der Waals surface area contributed by atoms with Crippen LogP contribution >= 0.6 is 0 Å². The predicted octanol–water partition coefficient (Wildman–Crippen LogP) is 4.99. The summed E-state index contributed by atoms with van der Waals surface area (Å²) < 4.78 is 5.23. The zero-order valence-electron chi connectivity index (χ0n) is 18.6. The highest BCUT2D eigenvalue weighted by Crippen LogP contribution is 2.33. The first-order valence-electron chi connectivity index (χ1n) is 12.1. The average Bonchev–Trinajstić information content (AvgIpc) is 2.79. The van der Waals surface area contributed by atoms with Crippen LogP contribution in [-0.2, 0) is 4.79 Å². The van der Waals surface area contributed by atoms with E-state index >= 15 is 0 Å². The maximum absolute atomic E-state index is 12.7. The fourth-order valence-corrected chi connectivity index (χ4v) is 5.73. The number of fused-ring (bicyclic) bond motifs is 1. The number of piperidine rings is 2. The summed E-state index contributed by atoms with van der Waals surface area (Å²) in [7, 11) is 1.70. The van der Waals surface area contributed by atoms with Crippen molar-refractivity contribution in [1.82, 2.24) is 9.80 Å². The van der Waals surface area contributed by atoms with Crippen molar-refractivity contribution in [3.63, 3.8) is 0 Å². The van der Waals surface area contributed by atoms with E-state index < -0.39 is 0 Å². The fourth-order valence-electron chi connectivity index (χ4n) is 5.73. The Morgan fingerprint density at radius 3 is 2.63 bits per heavy atom. The van der Waals surface area contributed by atoms with Gasteiger partial charge < -0.3 is 9.64 Å². The SMILES string of the molecule is COc1ccc(/C=C/CN2CC[C@H]3[C@H](CCC(=O)N3CCC3CCCCC3)C2)cc1. The van der Waals surface area contributed by atoms with Crippen LogP contribution in [0, 0.1) is 11.8 Å². The molecule has 2 aliphatic heterocycles. The predicted molar refractivity (Wildman–Crippen MR) is 123 cm³/mol. The highest BCUT2D eigenvalue weighted by Gasteiger charge is 2.38. The Morgan fingerprint density at radius 2 is 1.87 bits per heavy atom. The van der Waals surface area contributed by atoms with Crippen molar-refractivity contribution in [2.45, 2.75) is 63.8 Å². The van der Waals surface area contributed by atoms with Crippen LogP contribution in [-0.4, -0.2) is 55.0 Å². The van der Waals surface area contributed by atoms with Gasteiger partial charge in [0.25, 0.3) is 0 Å². The molecule has 1 aliphatic carbocycles. The summed E-state index contributed by atoms with van der Waals surface area (Å²) in [6, 6.07) is 8.69. The van der Waals surface area contributed by atoms with Crippen molar-refractivity contribution in [1.29, 1.82) is 0 Å². The van der Waals surface area contributed by atoms with E-state index in [2.05, 4.69) is 34.1 Å². The molecule has 4 heteroatoms. The Balaban J connectivity index is 1.26. The molecule has 0 radical (unpaired) electrons. The molecule has 2 atom stereocenters. The monoisotopic (exact) mass is 410 g/mol. The highest BCUT2D eigenvalue weighted by atomic mass is 16.5. The summed E-state index contributed by atoms with van der Waals surface area (Å²) in [5.74, 6) is 2.82. The lowest BCUT2D eigenvalue weighted by Crippen LogP contribution is -2.56. The molecule has 0 bridgehead atoms. The van der Waals surface area contributed by atoms with Crippen LogP contribution in [0.5, 0.6) is 5.75 Å². The third-order valence-corrected chi connectivity index (χ3v) is 7.52. The summed E-state index contributed by atoms with van der Waals surface area (Å²) in [5.41, 5.74) is 1.21. The molecular formula is C26H38N2O2. The Hall–Kier alpha value is -1.81. The number of carbonyl (C=O) groups is 1. The fraction of sp³-hybridized carbons (Fsp3) is 0.654. The van der Waals surface area contributed by atoms with E-state index in [0.29, 0.717) is 17.9 Å². The number of methoxy groups -OCH3 is 1. The minimum atomic E-state index is 0.417. The Morgan fingerprint density at radius 1 is 1.07 bits per heavy atom. The number of nitrogens with zero attached hydrogens (tertiary/aromatic N) is 2. The van der Waals surface area contributed by atoms with Crippen LogP contribution < -0.4 is 4.74 Å². The van der Waals surface area contributed by atoms with Gasteiger partial charge in [-0.15, -0.1) is 0 Å². The zero-order chi connectivity index (χ0) is 20.8. The molecular weight excluding hydrogens is 372 g/mol. The van der Waals surface area contributed by atoms with Gasteiger partial charge in [0, 0.05) is 38.6 Å². The Bertz CT molecular complexity index is 708. The molecule has 0 unspecified atom stereocenters. The van der Waals surface area contributed by atoms with Crippen molar-refractivity contribution >= 4 is 12.0 Å². The molecule has 1 amide bonds. The molecule has 2 heterocycles. The maximum atomic E-state index is 12.7. The van der Waals surface area contributed by atoms with Gasteiger partial charge in [0.2, 0.25) is 5.91 Å². The first kappa shape index (κ1) is 21.4. The zero-order valence-corrected chi connectivity index (χ0v) is 18.6. The van der Waals surface area contributed by atoms with Crippen LogP contribution in [0.15, 0.2) is 30.3 Å². The third kappa shape index (κ3) is 5.46. The number of amides is 1. The van der Waals surface area contributed by atoms with Gasteiger partial charge in [-0.3, -0.25) is 9.69 Å². The van der Waals surface area contributed by atoms with Crippen LogP contribution in [0.4, 0.5) is 0 Å². The lowest BCUT2D eigenvalue weighted by atomic mass is 9.82. The molecule has 30 heavy (non-hydrogen) atoms. The van der Waals surface area contributed by atoms with E-state index in [1.807, 2.05) is 12.1 Å². The van der Waals surface area contributed by atoms with Crippen molar-refractivity contribution in [2.75, 3.05) is 33.3 Å². The smallest absolute Gasteiger partial charge is 0.222 e. The standard InChI is InChI=1S/C26H38N2O2/c1-30-24-12-9-22(10-13-24)8-5-17-27-18-16-25-23(20-27)11-14-26(29)28(25)19-15-21-6-3-2-4-7-21/h5,8-10,12-13,21,23,25H,2-4,6-7,11,14-20H2,1H3/b8-5+/t23-,25+/m1/s1. The van der Waals surface area contributed by atoms with Gasteiger partial charge in [0.05, 0.1) is 7.11 Å². The Kier molecular flexibility index (Phi) is 7.48. The second-order valence-corrected chi connectivity index (χ2v) is 9.47. The van der Waals surface area contributed by atoms with Gasteiger partial charge in [0.15, 0.2) is 0 Å². The van der Waals surface area contributed by atoms with Crippen molar-refractivity contribution in [3.8, 4) is 5.75 Å². The molecule has 0 aromatic heterocycles. The van der Waals surface area contributed by atoms with E-state index in [1.165, 1.54) is 44.1 Å². The topological polar surface area (TPSA) is 32.8 Å². The minimum Gasteiger partial charge on any atom is -0.497 e. The summed E-state index contributed by atoms with van der Waals surface area (Å²) in [5, 5.41) is 0. The average molecular weight is 411 g/mol. The lowest BCUT2D eigenvalue weighted by Gasteiger charge is -2.47. The summed E-state index contributed by atoms with van der Waals surface area (Å²) >= 11 is 0. The molecule has 0 spiro atoms. The summed E-state index contributed by atoms with van der Waals surface area (Å²) in [6.45, 7) is 4.22. The van der Waals surface area contributed by atoms with E-state index in [0.717, 1.165) is 57.1 Å². The largest absolute Gasteiger partial charge is 0.497 e. The highest BCUT2D eigenvalue weighted by molar-refractivity contribution is 5.77. The third-order valence-electron chi connectivity index (χ3n) is 7.52. The molecule has 1 saturated carbocycles. The van der Waals surface area contributed by atoms with Gasteiger partial charge >= 0.3 is 0 Å². The van der Waals surface area contributed by atoms with Crippen molar-refractivity contribution in [2.24, 2.45) is 11.8 Å². The molecule has 0 N–H and O–H groups in total. The number of benzene rings is 1. The second kappa shape index (κ2) is 10.5. The molecule has 3 aliphatic rings. The number of ether oxygens (including phenoxy) is 1. The first-order valence-corrected chi connectivity index (χ1v) is 12.1. The van der Waals surface area contributed by atoms with Crippen molar-refractivity contribution in [3.05, 3.63) is 35.9 Å². The number of hydrogen-bond acceptors (Lipinski definition) is 3. The molecule has 4 nitrogen and oxygen atoms in total. The number of hydrogen-bond donors (Lipinski definition) is 0. The van der Waals surface area contributed by atoms with Gasteiger partial charge in [0.1, 0.15) is 5.75 Å². The van der Waals surface area contributed by atoms with Crippen LogP contribution in [0.2, 0.25) is 0 Å². The normalized spacial score (nSPS) is 26.2. The molecule has 1 aromatic carbocycles. The van der Waals surface area contributed by atoms with Gasteiger partial charge in [-0.1, -0.05) is 56.4 Å². The summed E-state index contributed by atoms with van der Waals surface area (Å²) in [4.78, 5) is 17.5. The van der Waals surface area contributed by atoms with Crippen LogP contribution in [0.25, 0.3) is 6.08 Å². The van der Waals surface area contributed by atoms with Gasteiger partial charge in [-0.05, 0) is 48.8 Å². The van der Waals surface area contributed by atoms with Gasteiger partial charge in [-0.2, -0.15) is 0 Å². The van der Waals surface area contributed by atoms with Gasteiger partial charge in [-0.25, -0.2) is 0 Å². The first-order chi connectivity index (χ1) is 14.7. The molecule has 1 aromatic rings. The number of rotatable bonds is 7. The van der Waals surface area contributed by atoms with Crippen LogP contribution in [0.1, 0.15) is 63.4 Å². The van der Waals surface area contributed by atoms with Crippen LogP contribution in [0.3, 0.4) is 0 Å². The van der Waals surface area contributed by atoms with Crippen molar-refractivity contribution < 1.29 is 9.53 Å². The van der Waals surface area contributed by atoms with E-state index in [1.54, 1.807) is 7.11 Å². The Labute approximate surface area is 182 Å². The number of carbonyl (C=O) groups excluding carboxylic acids is 1. The van der Waals surface area contributed by atoms with E-state index in [4.69, 9.17) is 4.74 Å². The molecule has 2 saturated heterocycles. The molecule has 164 valence electrons. The minimum absolute atomic E-state index is 0.417. The lowest BCUT2D eigenvalue weighted by molar-refractivity contribution is -0.141. The molecule has 4 rings (SSSR count). The van der Waals surface area contributed by atoms with E-state index in [9.17, 15) is 4.79 Å².